The average Bonchev–Trinajstić information content (AvgIpc) is 2.43. The standard InChI is InChI=1S/C14H15N3O2/c1-9-4-3-5-12(10(9)2)19-13-8-16-7-6-11(13)14(15)17-18/h3-8,18H,1-2H3,(H2,15,17). The van der Waals surface area contributed by atoms with Crippen molar-refractivity contribution in [2.24, 2.45) is 10.9 Å². The summed E-state index contributed by atoms with van der Waals surface area (Å²) < 4.78 is 5.81. The molecule has 19 heavy (non-hydrogen) atoms. The first-order valence-electron chi connectivity index (χ1n) is 5.79. The molecule has 0 bridgehead atoms. The van der Waals surface area contributed by atoms with Gasteiger partial charge >= 0.3 is 0 Å². The number of pyridine rings is 1. The van der Waals surface area contributed by atoms with E-state index in [2.05, 4.69) is 10.1 Å². The first-order valence-corrected chi connectivity index (χ1v) is 5.79. The lowest BCUT2D eigenvalue weighted by Crippen LogP contribution is -2.14. The quantitative estimate of drug-likeness (QED) is 0.383. The molecule has 0 saturated heterocycles. The van der Waals surface area contributed by atoms with Crippen LogP contribution < -0.4 is 10.5 Å². The number of nitrogens with two attached hydrogens (primary N) is 1. The van der Waals surface area contributed by atoms with Gasteiger partial charge in [0, 0.05) is 6.20 Å². The van der Waals surface area contributed by atoms with Crippen LogP contribution in [0.2, 0.25) is 0 Å². The molecule has 0 aliphatic heterocycles. The first kappa shape index (κ1) is 12.9. The molecule has 0 saturated carbocycles. The summed E-state index contributed by atoms with van der Waals surface area (Å²) in [6.45, 7) is 3.99. The Kier molecular flexibility index (Phi) is 3.66. The van der Waals surface area contributed by atoms with Crippen LogP contribution in [-0.2, 0) is 0 Å². The second kappa shape index (κ2) is 5.39. The molecule has 5 heteroatoms. The average molecular weight is 257 g/mol. The van der Waals surface area contributed by atoms with Crippen molar-refractivity contribution in [1.82, 2.24) is 4.98 Å². The largest absolute Gasteiger partial charge is 0.455 e. The number of amidine groups is 1. The normalized spacial score (nSPS) is 11.4. The number of hydrogen-bond acceptors (Lipinski definition) is 4. The van der Waals surface area contributed by atoms with Gasteiger partial charge in [0.1, 0.15) is 5.75 Å². The third kappa shape index (κ3) is 2.65. The summed E-state index contributed by atoms with van der Waals surface area (Å²) >= 11 is 0. The van der Waals surface area contributed by atoms with Crippen molar-refractivity contribution in [2.75, 3.05) is 0 Å². The van der Waals surface area contributed by atoms with Gasteiger partial charge in [0.15, 0.2) is 11.6 Å². The molecule has 0 radical (unpaired) electrons. The highest BCUT2D eigenvalue weighted by Crippen LogP contribution is 2.28. The molecule has 0 amide bonds. The van der Waals surface area contributed by atoms with Crippen LogP contribution >= 0.6 is 0 Å². The van der Waals surface area contributed by atoms with Gasteiger partial charge in [-0.3, -0.25) is 4.98 Å². The first-order chi connectivity index (χ1) is 9.13. The van der Waals surface area contributed by atoms with Gasteiger partial charge in [-0.2, -0.15) is 0 Å². The Morgan fingerprint density at radius 2 is 2.05 bits per heavy atom. The third-order valence-corrected chi connectivity index (χ3v) is 2.94. The summed E-state index contributed by atoms with van der Waals surface area (Å²) in [7, 11) is 0. The number of oxime groups is 1. The van der Waals surface area contributed by atoms with Gasteiger partial charge in [-0.1, -0.05) is 17.3 Å². The summed E-state index contributed by atoms with van der Waals surface area (Å²) in [4.78, 5) is 3.99. The van der Waals surface area contributed by atoms with E-state index in [0.717, 1.165) is 16.9 Å². The summed E-state index contributed by atoms with van der Waals surface area (Å²) in [5.74, 6) is 1.16. The lowest BCUT2D eigenvalue weighted by Gasteiger charge is -2.12. The van der Waals surface area contributed by atoms with Crippen molar-refractivity contribution >= 4 is 5.84 Å². The van der Waals surface area contributed by atoms with Crippen molar-refractivity contribution in [2.45, 2.75) is 13.8 Å². The van der Waals surface area contributed by atoms with E-state index in [9.17, 15) is 0 Å². The molecule has 0 atom stereocenters. The van der Waals surface area contributed by atoms with Gasteiger partial charge in [0.05, 0.1) is 11.8 Å². The van der Waals surface area contributed by atoms with E-state index < -0.39 is 0 Å². The molecule has 0 unspecified atom stereocenters. The summed E-state index contributed by atoms with van der Waals surface area (Å²) in [6.07, 6.45) is 3.10. The molecular weight excluding hydrogens is 242 g/mol. The number of aryl methyl sites for hydroxylation is 1. The van der Waals surface area contributed by atoms with Crippen LogP contribution in [0, 0.1) is 13.8 Å². The van der Waals surface area contributed by atoms with Gasteiger partial charge < -0.3 is 15.7 Å². The second-order valence-electron chi connectivity index (χ2n) is 4.16. The van der Waals surface area contributed by atoms with Crippen LogP contribution in [-0.4, -0.2) is 16.0 Å². The smallest absolute Gasteiger partial charge is 0.173 e. The van der Waals surface area contributed by atoms with E-state index in [0.29, 0.717) is 11.3 Å². The molecule has 0 aliphatic rings. The fourth-order valence-electron chi connectivity index (χ4n) is 1.68. The van der Waals surface area contributed by atoms with Gasteiger partial charge in [0.2, 0.25) is 0 Å². The van der Waals surface area contributed by atoms with Gasteiger partial charge in [-0.25, -0.2) is 0 Å². The minimum atomic E-state index is -0.0114. The Bertz CT molecular complexity index is 624. The molecule has 1 aromatic carbocycles. The maximum Gasteiger partial charge on any atom is 0.173 e. The van der Waals surface area contributed by atoms with E-state index in [1.807, 2.05) is 32.0 Å². The molecule has 1 heterocycles. The van der Waals surface area contributed by atoms with Crippen LogP contribution in [0.1, 0.15) is 16.7 Å². The lowest BCUT2D eigenvalue weighted by atomic mass is 10.1. The number of aromatic nitrogens is 1. The molecule has 1 aromatic heterocycles. The molecular formula is C14H15N3O2. The number of ether oxygens (including phenoxy) is 1. The monoisotopic (exact) mass is 257 g/mol. The molecule has 3 N–H and O–H groups in total. The fraction of sp³-hybridized carbons (Fsp3) is 0.143. The van der Waals surface area contributed by atoms with Crippen molar-refractivity contribution in [1.29, 1.82) is 0 Å². The summed E-state index contributed by atoms with van der Waals surface area (Å²) in [5, 5.41) is 11.8. The number of hydrogen-bond donors (Lipinski definition) is 2. The maximum absolute atomic E-state index is 8.76. The molecule has 98 valence electrons. The zero-order valence-electron chi connectivity index (χ0n) is 10.8. The summed E-state index contributed by atoms with van der Waals surface area (Å²) in [6, 6.07) is 7.42. The highest BCUT2D eigenvalue weighted by molar-refractivity contribution is 5.99. The Morgan fingerprint density at radius 3 is 2.79 bits per heavy atom. The molecule has 0 fully saturated rings. The Hall–Kier alpha value is -2.56. The fourth-order valence-corrected chi connectivity index (χ4v) is 1.68. The topological polar surface area (TPSA) is 80.7 Å². The van der Waals surface area contributed by atoms with Crippen LogP contribution in [0.15, 0.2) is 41.8 Å². The number of nitrogens with zero attached hydrogens (tertiary/aromatic N) is 2. The maximum atomic E-state index is 8.76. The SMILES string of the molecule is Cc1cccc(Oc2cnccc2/C(N)=N/O)c1C. The third-order valence-electron chi connectivity index (χ3n) is 2.94. The van der Waals surface area contributed by atoms with Crippen molar-refractivity contribution < 1.29 is 9.94 Å². The van der Waals surface area contributed by atoms with Crippen molar-refractivity contribution in [3.8, 4) is 11.5 Å². The van der Waals surface area contributed by atoms with Crippen LogP contribution in [0.4, 0.5) is 0 Å². The van der Waals surface area contributed by atoms with E-state index in [-0.39, 0.29) is 5.84 Å². The van der Waals surface area contributed by atoms with Gasteiger partial charge in [-0.05, 0) is 37.1 Å². The van der Waals surface area contributed by atoms with E-state index in [1.165, 1.54) is 6.20 Å². The minimum Gasteiger partial charge on any atom is -0.455 e. The molecule has 2 aromatic rings. The van der Waals surface area contributed by atoms with Crippen LogP contribution in [0.3, 0.4) is 0 Å². The predicted octanol–water partition coefficient (Wildman–Crippen LogP) is 2.59. The minimum absolute atomic E-state index is 0.0114. The number of benzene rings is 1. The summed E-state index contributed by atoms with van der Waals surface area (Å²) in [5.41, 5.74) is 8.28. The molecule has 0 aliphatic carbocycles. The van der Waals surface area contributed by atoms with E-state index in [4.69, 9.17) is 15.7 Å². The number of rotatable bonds is 3. The highest BCUT2D eigenvalue weighted by atomic mass is 16.5. The van der Waals surface area contributed by atoms with Gasteiger partial charge in [-0.15, -0.1) is 0 Å². The lowest BCUT2D eigenvalue weighted by molar-refractivity contribution is 0.318. The van der Waals surface area contributed by atoms with Crippen LogP contribution in [0.25, 0.3) is 0 Å². The molecule has 0 spiro atoms. The Balaban J connectivity index is 2.42. The Labute approximate surface area is 111 Å². The highest BCUT2D eigenvalue weighted by Gasteiger charge is 2.11. The van der Waals surface area contributed by atoms with E-state index in [1.54, 1.807) is 12.3 Å². The van der Waals surface area contributed by atoms with E-state index >= 15 is 0 Å². The molecule has 5 nitrogen and oxygen atoms in total. The molecule has 2 rings (SSSR count). The predicted molar refractivity (Wildman–Crippen MR) is 72.7 cm³/mol. The zero-order chi connectivity index (χ0) is 13.8. The zero-order valence-corrected chi connectivity index (χ0v) is 10.8. The van der Waals surface area contributed by atoms with Crippen molar-refractivity contribution in [3.63, 3.8) is 0 Å². The second-order valence-corrected chi connectivity index (χ2v) is 4.16. The van der Waals surface area contributed by atoms with Gasteiger partial charge in [0.25, 0.3) is 0 Å². The van der Waals surface area contributed by atoms with Crippen molar-refractivity contribution in [3.05, 3.63) is 53.3 Å². The van der Waals surface area contributed by atoms with Crippen LogP contribution in [0.5, 0.6) is 11.5 Å². The Morgan fingerprint density at radius 1 is 1.26 bits per heavy atom.